The number of sulfonamides is 1. The molecule has 0 aliphatic rings. The molecule has 2 N–H and O–H groups in total. The lowest BCUT2D eigenvalue weighted by Crippen LogP contribution is -2.28. The van der Waals surface area contributed by atoms with Crippen LogP contribution in [0.4, 0.5) is 10.1 Å². The van der Waals surface area contributed by atoms with E-state index >= 15 is 0 Å². The van der Waals surface area contributed by atoms with Crippen LogP contribution in [0.25, 0.3) is 0 Å². The minimum absolute atomic E-state index is 0.0373. The minimum atomic E-state index is -3.77. The van der Waals surface area contributed by atoms with Crippen LogP contribution in [0, 0.1) is 5.82 Å². The Morgan fingerprint density at radius 2 is 2.00 bits per heavy atom. The summed E-state index contributed by atoms with van der Waals surface area (Å²) in [6, 6.07) is 5.25. The van der Waals surface area contributed by atoms with Gasteiger partial charge in [0.25, 0.3) is 10.0 Å². The highest BCUT2D eigenvalue weighted by molar-refractivity contribution is 7.92. The van der Waals surface area contributed by atoms with Crippen molar-refractivity contribution >= 4 is 15.7 Å². The number of H-pyrrole nitrogens is 1. The molecule has 8 heteroatoms. The van der Waals surface area contributed by atoms with Gasteiger partial charge in [-0.1, -0.05) is 6.92 Å². The molecule has 2 aromatic rings. The van der Waals surface area contributed by atoms with E-state index in [0.717, 1.165) is 10.8 Å². The van der Waals surface area contributed by atoms with Crippen LogP contribution < -0.4 is 9.62 Å². The van der Waals surface area contributed by atoms with Gasteiger partial charge in [0.15, 0.2) is 5.03 Å². The van der Waals surface area contributed by atoms with Gasteiger partial charge in [0.05, 0.1) is 11.9 Å². The fraction of sp³-hybridized carbons (Fsp3) is 0.308. The highest BCUT2D eigenvalue weighted by Gasteiger charge is 2.26. The minimum Gasteiger partial charge on any atom is -0.313 e. The van der Waals surface area contributed by atoms with Gasteiger partial charge in [-0.15, -0.1) is 0 Å². The molecular formula is C13H17FN4O2S. The van der Waals surface area contributed by atoms with Crippen molar-refractivity contribution in [2.75, 3.05) is 17.9 Å². The molecule has 1 aromatic carbocycles. The number of hydrogen-bond acceptors (Lipinski definition) is 4. The molecule has 2 rings (SSSR count). The SMILES string of the molecule is CCNCc1cn[nH]c1S(=O)(=O)N(C)c1ccc(F)cc1. The number of halogens is 1. The first kappa shape index (κ1) is 15.5. The highest BCUT2D eigenvalue weighted by Crippen LogP contribution is 2.23. The molecule has 0 spiro atoms. The van der Waals surface area contributed by atoms with Gasteiger partial charge in [-0.3, -0.25) is 9.40 Å². The normalized spacial score (nSPS) is 11.6. The monoisotopic (exact) mass is 312 g/mol. The van der Waals surface area contributed by atoms with Crippen LogP contribution in [0.5, 0.6) is 0 Å². The molecule has 0 aliphatic carbocycles. The van der Waals surface area contributed by atoms with E-state index in [9.17, 15) is 12.8 Å². The molecule has 114 valence electrons. The van der Waals surface area contributed by atoms with Gasteiger partial charge >= 0.3 is 0 Å². The number of aromatic nitrogens is 2. The van der Waals surface area contributed by atoms with Gasteiger partial charge in [-0.2, -0.15) is 13.5 Å². The van der Waals surface area contributed by atoms with Crippen molar-refractivity contribution in [2.24, 2.45) is 0 Å². The van der Waals surface area contributed by atoms with Crippen LogP contribution in [0.1, 0.15) is 12.5 Å². The number of benzene rings is 1. The average molecular weight is 312 g/mol. The zero-order valence-corrected chi connectivity index (χ0v) is 12.6. The van der Waals surface area contributed by atoms with E-state index in [-0.39, 0.29) is 5.03 Å². The Morgan fingerprint density at radius 3 is 2.62 bits per heavy atom. The lowest BCUT2D eigenvalue weighted by molar-refractivity contribution is 0.587. The molecule has 0 radical (unpaired) electrons. The van der Waals surface area contributed by atoms with Crippen LogP contribution in [-0.4, -0.2) is 32.2 Å². The van der Waals surface area contributed by atoms with E-state index in [1.165, 1.54) is 37.5 Å². The Bertz CT molecular complexity index is 697. The Balaban J connectivity index is 2.33. The average Bonchev–Trinajstić information content (AvgIpc) is 2.94. The van der Waals surface area contributed by atoms with Gasteiger partial charge in [0.1, 0.15) is 5.82 Å². The lowest BCUT2D eigenvalue weighted by atomic mass is 10.3. The first-order valence-electron chi connectivity index (χ1n) is 6.44. The van der Waals surface area contributed by atoms with Crippen molar-refractivity contribution < 1.29 is 12.8 Å². The molecule has 0 fully saturated rings. The Kier molecular flexibility index (Phi) is 4.59. The molecule has 0 amide bonds. The second-order valence-corrected chi connectivity index (χ2v) is 6.36. The van der Waals surface area contributed by atoms with Crippen LogP contribution in [0.3, 0.4) is 0 Å². The van der Waals surface area contributed by atoms with Crippen LogP contribution in [-0.2, 0) is 16.6 Å². The first-order valence-corrected chi connectivity index (χ1v) is 7.88. The summed E-state index contributed by atoms with van der Waals surface area (Å²) in [6.07, 6.45) is 1.48. The first-order chi connectivity index (χ1) is 9.96. The fourth-order valence-corrected chi connectivity index (χ4v) is 3.13. The summed E-state index contributed by atoms with van der Waals surface area (Å²) in [5.41, 5.74) is 0.936. The standard InChI is InChI=1S/C13H17FN4O2S/c1-3-15-8-10-9-16-17-13(10)21(19,20)18(2)12-6-4-11(14)5-7-12/h4-7,9,15H,3,8H2,1-2H3,(H,16,17). The van der Waals surface area contributed by atoms with Gasteiger partial charge < -0.3 is 5.32 Å². The summed E-state index contributed by atoms with van der Waals surface area (Å²) in [6.45, 7) is 3.05. The number of hydrogen-bond donors (Lipinski definition) is 2. The summed E-state index contributed by atoms with van der Waals surface area (Å²) in [5.74, 6) is -0.418. The van der Waals surface area contributed by atoms with Crippen molar-refractivity contribution in [3.63, 3.8) is 0 Å². The lowest BCUT2D eigenvalue weighted by Gasteiger charge is -2.19. The van der Waals surface area contributed by atoms with Gasteiger partial charge in [-0.25, -0.2) is 4.39 Å². The van der Waals surface area contributed by atoms with Gasteiger partial charge in [0, 0.05) is 19.2 Å². The van der Waals surface area contributed by atoms with Crippen molar-refractivity contribution in [1.82, 2.24) is 15.5 Å². The molecule has 21 heavy (non-hydrogen) atoms. The number of anilines is 1. The zero-order valence-electron chi connectivity index (χ0n) is 11.8. The summed E-state index contributed by atoms with van der Waals surface area (Å²) in [7, 11) is -2.35. The smallest absolute Gasteiger partial charge is 0.281 e. The fourth-order valence-electron chi connectivity index (χ4n) is 1.83. The maximum atomic E-state index is 12.9. The van der Waals surface area contributed by atoms with E-state index in [1.807, 2.05) is 6.92 Å². The predicted molar refractivity (Wildman–Crippen MR) is 78.0 cm³/mol. The van der Waals surface area contributed by atoms with E-state index in [2.05, 4.69) is 15.5 Å². The predicted octanol–water partition coefficient (Wildman–Crippen LogP) is 1.48. The molecule has 0 atom stereocenters. The van der Waals surface area contributed by atoms with E-state index < -0.39 is 15.8 Å². The molecular weight excluding hydrogens is 295 g/mol. The topological polar surface area (TPSA) is 78.1 Å². The van der Waals surface area contributed by atoms with Crippen LogP contribution >= 0.6 is 0 Å². The molecule has 0 saturated carbocycles. The Hall–Kier alpha value is -1.93. The number of rotatable bonds is 6. The third-order valence-electron chi connectivity index (χ3n) is 3.05. The maximum Gasteiger partial charge on any atom is 0.281 e. The third-order valence-corrected chi connectivity index (χ3v) is 4.85. The quantitative estimate of drug-likeness (QED) is 0.847. The van der Waals surface area contributed by atoms with Gasteiger partial charge in [-0.05, 0) is 30.8 Å². The second kappa shape index (κ2) is 6.23. The molecule has 0 unspecified atom stereocenters. The molecule has 0 saturated heterocycles. The second-order valence-electron chi connectivity index (χ2n) is 4.45. The molecule has 0 aliphatic heterocycles. The maximum absolute atomic E-state index is 12.9. The summed E-state index contributed by atoms with van der Waals surface area (Å²) in [5, 5.41) is 9.42. The van der Waals surface area contributed by atoms with E-state index in [1.54, 1.807) is 0 Å². The summed E-state index contributed by atoms with van der Waals surface area (Å²) in [4.78, 5) is 0. The van der Waals surface area contributed by atoms with Gasteiger partial charge in [0.2, 0.25) is 0 Å². The Morgan fingerprint density at radius 1 is 1.33 bits per heavy atom. The summed E-state index contributed by atoms with van der Waals surface area (Å²) < 4.78 is 39.2. The van der Waals surface area contributed by atoms with Crippen molar-refractivity contribution in [1.29, 1.82) is 0 Å². The van der Waals surface area contributed by atoms with E-state index in [4.69, 9.17) is 0 Å². The highest BCUT2D eigenvalue weighted by atomic mass is 32.2. The van der Waals surface area contributed by atoms with Crippen LogP contribution in [0.15, 0.2) is 35.5 Å². The third kappa shape index (κ3) is 3.22. The molecule has 1 heterocycles. The zero-order chi connectivity index (χ0) is 15.5. The molecule has 0 bridgehead atoms. The number of aromatic amines is 1. The summed E-state index contributed by atoms with van der Waals surface area (Å²) >= 11 is 0. The Labute approximate surface area is 123 Å². The number of nitrogens with zero attached hydrogens (tertiary/aromatic N) is 2. The van der Waals surface area contributed by atoms with Crippen molar-refractivity contribution in [3.05, 3.63) is 41.8 Å². The molecule has 6 nitrogen and oxygen atoms in total. The molecule has 1 aromatic heterocycles. The van der Waals surface area contributed by atoms with E-state index in [0.29, 0.717) is 17.8 Å². The van der Waals surface area contributed by atoms with Crippen molar-refractivity contribution in [2.45, 2.75) is 18.5 Å². The largest absolute Gasteiger partial charge is 0.313 e. The van der Waals surface area contributed by atoms with Crippen LogP contribution in [0.2, 0.25) is 0 Å². The number of nitrogens with one attached hydrogen (secondary N) is 2. The van der Waals surface area contributed by atoms with Crippen molar-refractivity contribution in [3.8, 4) is 0 Å².